The van der Waals surface area contributed by atoms with Crippen LogP contribution in [0.3, 0.4) is 0 Å². The number of hydrogen-bond donors (Lipinski definition) is 0. The Morgan fingerprint density at radius 1 is 1.18 bits per heavy atom. The number of anilines is 1. The molecule has 3 aromatic heterocycles. The van der Waals surface area contributed by atoms with Crippen molar-refractivity contribution in [3.63, 3.8) is 0 Å². The van der Waals surface area contributed by atoms with E-state index in [-0.39, 0.29) is 0 Å². The van der Waals surface area contributed by atoms with Crippen molar-refractivity contribution in [3.8, 4) is 11.4 Å². The fourth-order valence-electron chi connectivity index (χ4n) is 4.39. The topological polar surface area (TPSA) is 56.1 Å². The molecule has 0 spiro atoms. The molecule has 0 N–H and O–H groups in total. The summed E-state index contributed by atoms with van der Waals surface area (Å²) in [5, 5.41) is 5.82. The standard InChI is InChI=1S/C25H37N5OS2/c1-19-17-31-14-13-29(19)23-16-20(18-32-2)21-8-10-26-25(24(21)28-23)22-9-11-27-30(22)12-6-7-15-33(3,4)5/h8-11,16,19H,6-7,12-15,17-18H2,1-5H3/t19-/m1/s1. The van der Waals surface area contributed by atoms with E-state index in [1.165, 1.54) is 23.1 Å². The van der Waals surface area contributed by atoms with E-state index in [0.29, 0.717) is 6.04 Å². The molecular formula is C25H37N5OS2. The minimum absolute atomic E-state index is 0.307. The van der Waals surface area contributed by atoms with Crippen LogP contribution < -0.4 is 4.90 Å². The van der Waals surface area contributed by atoms with Crippen molar-refractivity contribution in [1.29, 1.82) is 0 Å². The van der Waals surface area contributed by atoms with Crippen LogP contribution in [0.2, 0.25) is 0 Å². The predicted molar refractivity (Wildman–Crippen MR) is 145 cm³/mol. The van der Waals surface area contributed by atoms with Gasteiger partial charge >= 0.3 is 0 Å². The highest BCUT2D eigenvalue weighted by Gasteiger charge is 2.23. The lowest BCUT2D eigenvalue weighted by molar-refractivity contribution is 0.0985. The van der Waals surface area contributed by atoms with Crippen LogP contribution >= 0.6 is 21.8 Å². The van der Waals surface area contributed by atoms with Crippen LogP contribution in [0.5, 0.6) is 0 Å². The Bertz CT molecular complexity index is 1080. The molecule has 0 bridgehead atoms. The van der Waals surface area contributed by atoms with Crippen LogP contribution in [0, 0.1) is 0 Å². The predicted octanol–water partition coefficient (Wildman–Crippen LogP) is 5.06. The molecule has 180 valence electrons. The van der Waals surface area contributed by atoms with Crippen LogP contribution in [0.15, 0.2) is 30.6 Å². The highest BCUT2D eigenvalue weighted by atomic mass is 32.3. The van der Waals surface area contributed by atoms with E-state index in [9.17, 15) is 0 Å². The third kappa shape index (κ3) is 5.84. The second-order valence-electron chi connectivity index (χ2n) is 9.69. The normalized spacial score (nSPS) is 17.6. The molecule has 4 heterocycles. The Labute approximate surface area is 203 Å². The molecule has 33 heavy (non-hydrogen) atoms. The van der Waals surface area contributed by atoms with Gasteiger partial charge in [-0.25, -0.2) is 15.0 Å². The van der Waals surface area contributed by atoms with Crippen LogP contribution in [-0.4, -0.2) is 76.3 Å². The lowest BCUT2D eigenvalue weighted by Gasteiger charge is -2.34. The van der Waals surface area contributed by atoms with E-state index in [4.69, 9.17) is 14.7 Å². The zero-order chi connectivity index (χ0) is 23.4. The van der Waals surface area contributed by atoms with Crippen molar-refractivity contribution in [2.45, 2.75) is 38.1 Å². The number of nitrogens with zero attached hydrogens (tertiary/aromatic N) is 5. The quantitative estimate of drug-likeness (QED) is 0.394. The highest BCUT2D eigenvalue weighted by Crippen LogP contribution is 2.36. The maximum Gasteiger partial charge on any atom is 0.130 e. The number of hydrogen-bond acceptors (Lipinski definition) is 6. The highest BCUT2D eigenvalue weighted by molar-refractivity contribution is 8.32. The van der Waals surface area contributed by atoms with E-state index >= 15 is 0 Å². The summed E-state index contributed by atoms with van der Waals surface area (Å²) in [4.78, 5) is 12.4. The summed E-state index contributed by atoms with van der Waals surface area (Å²) in [7, 11) is -0.454. The molecular weight excluding hydrogens is 450 g/mol. The molecule has 3 aromatic rings. The Kier molecular flexibility index (Phi) is 7.87. The Balaban J connectivity index is 1.71. The number of aryl methyl sites for hydroxylation is 1. The second kappa shape index (κ2) is 10.7. The van der Waals surface area contributed by atoms with Gasteiger partial charge in [0, 0.05) is 36.6 Å². The summed E-state index contributed by atoms with van der Waals surface area (Å²) in [6.07, 6.45) is 15.5. The van der Waals surface area contributed by atoms with Crippen molar-refractivity contribution in [2.75, 3.05) is 55.4 Å². The Morgan fingerprint density at radius 2 is 2.03 bits per heavy atom. The molecule has 0 radical (unpaired) electrons. The van der Waals surface area contributed by atoms with E-state index < -0.39 is 10.0 Å². The van der Waals surface area contributed by atoms with Crippen molar-refractivity contribution in [2.24, 2.45) is 0 Å². The third-order valence-electron chi connectivity index (χ3n) is 6.10. The summed E-state index contributed by atoms with van der Waals surface area (Å²) < 4.78 is 7.78. The first-order chi connectivity index (χ1) is 15.9. The molecule has 1 aliphatic rings. The number of morpholine rings is 1. The molecule has 1 aliphatic heterocycles. The fraction of sp³-hybridized carbons (Fsp3) is 0.560. The molecule has 1 fully saturated rings. The van der Waals surface area contributed by atoms with Gasteiger partial charge in [-0.05, 0) is 74.3 Å². The number of thioether (sulfide) groups is 1. The zero-order valence-electron chi connectivity index (χ0n) is 20.6. The summed E-state index contributed by atoms with van der Waals surface area (Å²) in [6.45, 7) is 5.46. The Hall–Kier alpha value is -1.77. The van der Waals surface area contributed by atoms with Gasteiger partial charge in [-0.15, -0.1) is 0 Å². The van der Waals surface area contributed by atoms with E-state index in [1.54, 1.807) is 0 Å². The molecule has 1 atom stereocenters. The lowest BCUT2D eigenvalue weighted by Crippen LogP contribution is -2.44. The molecule has 0 saturated carbocycles. The van der Waals surface area contributed by atoms with Crippen LogP contribution in [0.4, 0.5) is 5.82 Å². The fourth-order valence-corrected chi connectivity index (χ4v) is 6.01. The first-order valence-corrected chi connectivity index (χ1v) is 16.1. The van der Waals surface area contributed by atoms with Gasteiger partial charge in [0.15, 0.2) is 0 Å². The van der Waals surface area contributed by atoms with Gasteiger partial charge in [0.25, 0.3) is 0 Å². The first-order valence-electron chi connectivity index (χ1n) is 11.7. The number of pyridine rings is 2. The number of aromatic nitrogens is 4. The van der Waals surface area contributed by atoms with E-state index in [2.05, 4.69) is 64.8 Å². The van der Waals surface area contributed by atoms with Crippen LogP contribution in [0.25, 0.3) is 22.3 Å². The summed E-state index contributed by atoms with van der Waals surface area (Å²) in [5.41, 5.74) is 4.26. The van der Waals surface area contributed by atoms with Crippen molar-refractivity contribution >= 4 is 38.5 Å². The van der Waals surface area contributed by atoms with Crippen molar-refractivity contribution in [3.05, 3.63) is 36.2 Å². The molecule has 0 unspecified atom stereocenters. The SMILES string of the molecule is CSCc1cc(N2CCOC[C@H]2C)nc2c(-c3ccnn3CCCCS(C)(C)C)nccc12. The molecule has 0 aromatic carbocycles. The summed E-state index contributed by atoms with van der Waals surface area (Å²) >= 11 is 1.84. The molecule has 0 aliphatic carbocycles. The van der Waals surface area contributed by atoms with Gasteiger partial charge in [0.2, 0.25) is 0 Å². The molecule has 1 saturated heterocycles. The second-order valence-corrected chi connectivity index (χ2v) is 15.1. The maximum atomic E-state index is 5.67. The van der Waals surface area contributed by atoms with Gasteiger partial charge in [0.05, 0.1) is 24.9 Å². The molecule has 8 heteroatoms. The van der Waals surface area contributed by atoms with E-state index in [1.807, 2.05) is 24.2 Å². The minimum atomic E-state index is -0.454. The monoisotopic (exact) mass is 487 g/mol. The van der Waals surface area contributed by atoms with Crippen LogP contribution in [0.1, 0.15) is 25.3 Å². The zero-order valence-corrected chi connectivity index (χ0v) is 22.2. The average molecular weight is 488 g/mol. The number of unbranched alkanes of at least 4 members (excludes halogenated alkanes) is 1. The van der Waals surface area contributed by atoms with Gasteiger partial charge in [-0.2, -0.15) is 16.9 Å². The average Bonchev–Trinajstić information content (AvgIpc) is 3.24. The smallest absolute Gasteiger partial charge is 0.130 e. The number of fused-ring (bicyclic) bond motifs is 1. The number of ether oxygens (including phenoxy) is 1. The van der Waals surface area contributed by atoms with Crippen molar-refractivity contribution in [1.82, 2.24) is 19.7 Å². The van der Waals surface area contributed by atoms with Crippen LogP contribution in [-0.2, 0) is 17.0 Å². The summed E-state index contributed by atoms with van der Waals surface area (Å²) in [6, 6.07) is 6.76. The van der Waals surface area contributed by atoms with Gasteiger partial charge < -0.3 is 9.64 Å². The van der Waals surface area contributed by atoms with Gasteiger partial charge in [-0.1, -0.05) is 0 Å². The molecule has 4 rings (SSSR count). The largest absolute Gasteiger partial charge is 0.377 e. The maximum absolute atomic E-state index is 5.67. The minimum Gasteiger partial charge on any atom is -0.377 e. The summed E-state index contributed by atoms with van der Waals surface area (Å²) in [5.74, 6) is 3.27. The Morgan fingerprint density at radius 3 is 2.79 bits per heavy atom. The first kappa shape index (κ1) is 24.4. The number of rotatable bonds is 9. The van der Waals surface area contributed by atoms with E-state index in [0.717, 1.165) is 61.2 Å². The lowest BCUT2D eigenvalue weighted by atomic mass is 10.1. The molecule has 6 nitrogen and oxygen atoms in total. The third-order valence-corrected chi connectivity index (χ3v) is 8.21. The van der Waals surface area contributed by atoms with Gasteiger partial charge in [-0.3, -0.25) is 9.67 Å². The molecule has 0 amide bonds. The van der Waals surface area contributed by atoms with Gasteiger partial charge in [0.1, 0.15) is 17.0 Å². The van der Waals surface area contributed by atoms with Crippen molar-refractivity contribution < 1.29 is 4.74 Å².